The average molecular weight is 189 g/mol. The van der Waals surface area contributed by atoms with Gasteiger partial charge in [0.2, 0.25) is 0 Å². The van der Waals surface area contributed by atoms with Gasteiger partial charge in [0.05, 0.1) is 24.8 Å². The number of aryl methyl sites for hydroxylation is 1. The van der Waals surface area contributed by atoms with E-state index < -0.39 is 0 Å². The molecule has 0 atom stereocenters. The second-order valence-electron chi connectivity index (χ2n) is 3.11. The second kappa shape index (κ2) is 3.64. The molecule has 0 aliphatic heterocycles. The van der Waals surface area contributed by atoms with Crippen molar-refractivity contribution in [3.05, 3.63) is 42.0 Å². The van der Waals surface area contributed by atoms with Crippen LogP contribution in [0.4, 0.5) is 0 Å². The Hall–Kier alpha value is -1.61. The third-order valence-electron chi connectivity index (χ3n) is 2.18. The van der Waals surface area contributed by atoms with Crippen LogP contribution < -0.4 is 0 Å². The van der Waals surface area contributed by atoms with Crippen molar-refractivity contribution in [3.63, 3.8) is 0 Å². The zero-order valence-electron chi connectivity index (χ0n) is 7.90. The Balaban J connectivity index is 2.43. The van der Waals surface area contributed by atoms with Gasteiger partial charge in [0.15, 0.2) is 0 Å². The third-order valence-corrected chi connectivity index (χ3v) is 2.18. The molecular formula is C11H11NO2. The molecule has 0 aliphatic rings. The predicted molar refractivity (Wildman–Crippen MR) is 52.6 cm³/mol. The summed E-state index contributed by atoms with van der Waals surface area (Å²) in [4.78, 5) is 4.37. The first-order valence-corrected chi connectivity index (χ1v) is 4.41. The molecule has 2 aromatic heterocycles. The minimum absolute atomic E-state index is 0.0322. The zero-order chi connectivity index (χ0) is 9.97. The lowest BCUT2D eigenvalue weighted by molar-refractivity contribution is 0.280. The summed E-state index contributed by atoms with van der Waals surface area (Å²) >= 11 is 0. The van der Waals surface area contributed by atoms with Crippen LogP contribution in [0.5, 0.6) is 0 Å². The summed E-state index contributed by atoms with van der Waals surface area (Å²) in [7, 11) is 0. The fourth-order valence-corrected chi connectivity index (χ4v) is 1.33. The van der Waals surface area contributed by atoms with E-state index in [0.717, 1.165) is 22.5 Å². The summed E-state index contributed by atoms with van der Waals surface area (Å²) in [6.45, 7) is 1.92. The standard InChI is InChI=1S/C11H11NO2/c1-8-9(6-13)2-3-11(12-8)10-4-5-14-7-10/h2-5,7,13H,6H2,1H3. The van der Waals surface area contributed by atoms with Crippen molar-refractivity contribution < 1.29 is 9.52 Å². The van der Waals surface area contributed by atoms with E-state index in [1.165, 1.54) is 0 Å². The monoisotopic (exact) mass is 189 g/mol. The van der Waals surface area contributed by atoms with E-state index in [1.807, 2.05) is 25.1 Å². The molecule has 0 spiro atoms. The van der Waals surface area contributed by atoms with E-state index in [0.29, 0.717) is 0 Å². The van der Waals surface area contributed by atoms with Crippen molar-refractivity contribution in [1.29, 1.82) is 0 Å². The topological polar surface area (TPSA) is 46.3 Å². The molecule has 0 bridgehead atoms. The third kappa shape index (κ3) is 1.54. The molecule has 72 valence electrons. The first-order chi connectivity index (χ1) is 6.81. The Morgan fingerprint density at radius 1 is 1.36 bits per heavy atom. The lowest BCUT2D eigenvalue weighted by Crippen LogP contribution is -1.93. The van der Waals surface area contributed by atoms with Crippen molar-refractivity contribution in [3.8, 4) is 11.3 Å². The zero-order valence-corrected chi connectivity index (χ0v) is 7.90. The number of aromatic nitrogens is 1. The Morgan fingerprint density at radius 3 is 2.79 bits per heavy atom. The fourth-order valence-electron chi connectivity index (χ4n) is 1.33. The van der Waals surface area contributed by atoms with E-state index in [-0.39, 0.29) is 6.61 Å². The molecule has 3 heteroatoms. The maximum absolute atomic E-state index is 8.98. The summed E-state index contributed by atoms with van der Waals surface area (Å²) in [5, 5.41) is 8.98. The Kier molecular flexibility index (Phi) is 2.33. The van der Waals surface area contributed by atoms with E-state index in [1.54, 1.807) is 12.5 Å². The maximum Gasteiger partial charge on any atom is 0.0996 e. The summed E-state index contributed by atoms with van der Waals surface area (Å²) < 4.78 is 4.98. The van der Waals surface area contributed by atoms with Gasteiger partial charge in [-0.15, -0.1) is 0 Å². The molecule has 14 heavy (non-hydrogen) atoms. The Bertz CT molecular complexity index is 421. The van der Waals surface area contributed by atoms with E-state index in [9.17, 15) is 0 Å². The Morgan fingerprint density at radius 2 is 2.21 bits per heavy atom. The normalized spacial score (nSPS) is 10.4. The number of rotatable bonds is 2. The van der Waals surface area contributed by atoms with Gasteiger partial charge in [-0.2, -0.15) is 0 Å². The van der Waals surface area contributed by atoms with E-state index >= 15 is 0 Å². The van der Waals surface area contributed by atoms with Crippen molar-refractivity contribution in [2.75, 3.05) is 0 Å². The van der Waals surface area contributed by atoms with Crippen molar-refractivity contribution in [2.45, 2.75) is 13.5 Å². The predicted octanol–water partition coefficient (Wildman–Crippen LogP) is 2.14. The van der Waals surface area contributed by atoms with Gasteiger partial charge in [-0.3, -0.25) is 4.98 Å². The van der Waals surface area contributed by atoms with Crippen LogP contribution in [0.3, 0.4) is 0 Å². The van der Waals surface area contributed by atoms with Crippen LogP contribution in [0.15, 0.2) is 35.1 Å². The summed E-state index contributed by atoms with van der Waals surface area (Å²) in [5.74, 6) is 0. The van der Waals surface area contributed by atoms with Crippen LogP contribution in [-0.2, 0) is 6.61 Å². The summed E-state index contributed by atoms with van der Waals surface area (Å²) in [6.07, 6.45) is 3.27. The van der Waals surface area contributed by atoms with Crippen LogP contribution in [0, 0.1) is 6.92 Å². The molecule has 0 aromatic carbocycles. The minimum atomic E-state index is 0.0322. The number of hydrogen-bond acceptors (Lipinski definition) is 3. The molecule has 1 N–H and O–H groups in total. The first kappa shape index (κ1) is 8.97. The fraction of sp³-hybridized carbons (Fsp3) is 0.182. The molecule has 0 radical (unpaired) electrons. The van der Waals surface area contributed by atoms with Gasteiger partial charge in [0.25, 0.3) is 0 Å². The molecular weight excluding hydrogens is 178 g/mol. The van der Waals surface area contributed by atoms with Gasteiger partial charge in [-0.05, 0) is 24.6 Å². The van der Waals surface area contributed by atoms with Crippen LogP contribution in [0.2, 0.25) is 0 Å². The van der Waals surface area contributed by atoms with Crippen molar-refractivity contribution >= 4 is 0 Å². The van der Waals surface area contributed by atoms with Crippen molar-refractivity contribution in [1.82, 2.24) is 4.98 Å². The summed E-state index contributed by atoms with van der Waals surface area (Å²) in [5.41, 5.74) is 3.54. The lowest BCUT2D eigenvalue weighted by Gasteiger charge is -2.03. The number of aliphatic hydroxyl groups is 1. The van der Waals surface area contributed by atoms with Crippen LogP contribution in [0.1, 0.15) is 11.3 Å². The molecule has 2 heterocycles. The quantitative estimate of drug-likeness (QED) is 0.787. The highest BCUT2D eigenvalue weighted by atomic mass is 16.3. The first-order valence-electron chi connectivity index (χ1n) is 4.41. The van der Waals surface area contributed by atoms with Gasteiger partial charge >= 0.3 is 0 Å². The van der Waals surface area contributed by atoms with Crippen LogP contribution >= 0.6 is 0 Å². The number of nitrogens with zero attached hydrogens (tertiary/aromatic N) is 1. The second-order valence-corrected chi connectivity index (χ2v) is 3.11. The SMILES string of the molecule is Cc1nc(-c2ccoc2)ccc1CO. The van der Waals surface area contributed by atoms with Crippen LogP contribution in [-0.4, -0.2) is 10.1 Å². The molecule has 0 saturated carbocycles. The van der Waals surface area contributed by atoms with E-state index in [2.05, 4.69) is 4.98 Å². The van der Waals surface area contributed by atoms with Gasteiger partial charge in [0, 0.05) is 11.3 Å². The molecule has 0 amide bonds. The summed E-state index contributed by atoms with van der Waals surface area (Å²) in [6, 6.07) is 5.62. The largest absolute Gasteiger partial charge is 0.472 e. The number of furan rings is 1. The average Bonchev–Trinajstić information content (AvgIpc) is 2.70. The van der Waals surface area contributed by atoms with Crippen molar-refractivity contribution in [2.24, 2.45) is 0 Å². The number of hydrogen-bond donors (Lipinski definition) is 1. The smallest absolute Gasteiger partial charge is 0.0996 e. The molecule has 2 rings (SSSR count). The van der Waals surface area contributed by atoms with E-state index in [4.69, 9.17) is 9.52 Å². The minimum Gasteiger partial charge on any atom is -0.472 e. The highest BCUT2D eigenvalue weighted by molar-refractivity contribution is 5.57. The number of pyridine rings is 1. The molecule has 0 unspecified atom stereocenters. The van der Waals surface area contributed by atoms with Crippen LogP contribution in [0.25, 0.3) is 11.3 Å². The molecule has 3 nitrogen and oxygen atoms in total. The van der Waals surface area contributed by atoms with Gasteiger partial charge in [-0.25, -0.2) is 0 Å². The number of aliphatic hydroxyl groups excluding tert-OH is 1. The highest BCUT2D eigenvalue weighted by Crippen LogP contribution is 2.19. The lowest BCUT2D eigenvalue weighted by atomic mass is 10.1. The van der Waals surface area contributed by atoms with Gasteiger partial charge < -0.3 is 9.52 Å². The highest BCUT2D eigenvalue weighted by Gasteiger charge is 2.03. The molecule has 0 saturated heterocycles. The van der Waals surface area contributed by atoms with Gasteiger partial charge in [-0.1, -0.05) is 6.07 Å². The van der Waals surface area contributed by atoms with Gasteiger partial charge in [0.1, 0.15) is 0 Å². The molecule has 0 fully saturated rings. The molecule has 0 aliphatic carbocycles. The maximum atomic E-state index is 8.98. The Labute approximate surface area is 82.0 Å². The molecule has 2 aromatic rings.